The Labute approximate surface area is 64.8 Å². The van der Waals surface area contributed by atoms with Gasteiger partial charge in [-0.2, -0.15) is 5.10 Å². The number of aromatic nitrogens is 2. The lowest BCUT2D eigenvalue weighted by Crippen LogP contribution is -2.26. The average Bonchev–Trinajstić information content (AvgIpc) is 2.03. The lowest BCUT2D eigenvalue weighted by Gasteiger charge is -1.82. The van der Waals surface area contributed by atoms with Crippen molar-refractivity contribution in [3.05, 3.63) is 22.8 Å². The molecule has 0 amide bonds. The molecule has 0 saturated heterocycles. The summed E-state index contributed by atoms with van der Waals surface area (Å²) < 4.78 is 0. The van der Waals surface area contributed by atoms with Gasteiger partial charge in [0.1, 0.15) is 5.35 Å². The fraction of sp³-hybridized carbons (Fsp3) is 0.125. The van der Waals surface area contributed by atoms with Crippen LogP contribution in [0.1, 0.15) is 6.92 Å². The minimum absolute atomic E-state index is 0.714. The molecule has 1 aromatic rings. The van der Waals surface area contributed by atoms with Gasteiger partial charge in [-0.05, 0) is 18.2 Å². The van der Waals surface area contributed by atoms with Crippen LogP contribution in [0.5, 0.6) is 0 Å². The molecule has 0 saturated carbocycles. The Morgan fingerprint density at radius 2 is 2.45 bits per heavy atom. The van der Waals surface area contributed by atoms with E-state index in [0.717, 1.165) is 5.22 Å². The molecule has 1 heterocycles. The highest BCUT2D eigenvalue weighted by atomic mass is 15.1. The molecular formula is C8H9N3. The van der Waals surface area contributed by atoms with Gasteiger partial charge < -0.3 is 0 Å². The Bertz CT molecular complexity index is 354. The van der Waals surface area contributed by atoms with E-state index in [1.54, 1.807) is 24.7 Å². The fourth-order valence-electron chi connectivity index (χ4n) is 0.622. The molecule has 0 aliphatic carbocycles. The van der Waals surface area contributed by atoms with Gasteiger partial charge in [-0.15, -0.1) is 5.10 Å². The molecular weight excluding hydrogens is 138 g/mol. The Kier molecular flexibility index (Phi) is 2.49. The van der Waals surface area contributed by atoms with E-state index in [4.69, 9.17) is 0 Å². The highest BCUT2D eigenvalue weighted by Crippen LogP contribution is 1.63. The molecule has 11 heavy (non-hydrogen) atoms. The third kappa shape index (κ3) is 1.97. The second kappa shape index (κ2) is 3.61. The van der Waals surface area contributed by atoms with Crippen molar-refractivity contribution in [1.82, 2.24) is 10.2 Å². The van der Waals surface area contributed by atoms with Crippen molar-refractivity contribution in [2.45, 2.75) is 6.92 Å². The van der Waals surface area contributed by atoms with Gasteiger partial charge in [-0.3, -0.25) is 4.99 Å². The summed E-state index contributed by atoms with van der Waals surface area (Å²) in [5, 5.41) is 9.09. The van der Waals surface area contributed by atoms with Crippen LogP contribution in [0.25, 0.3) is 12.8 Å². The molecule has 0 spiro atoms. The van der Waals surface area contributed by atoms with E-state index >= 15 is 0 Å². The summed E-state index contributed by atoms with van der Waals surface area (Å²) in [6.45, 7) is 5.61. The molecule has 0 aliphatic rings. The van der Waals surface area contributed by atoms with E-state index in [0.29, 0.717) is 5.35 Å². The van der Waals surface area contributed by atoms with Crippen LogP contribution in [0.15, 0.2) is 17.3 Å². The summed E-state index contributed by atoms with van der Waals surface area (Å²) in [6, 6.07) is 1.80. The van der Waals surface area contributed by atoms with Crippen molar-refractivity contribution in [2.24, 2.45) is 4.99 Å². The molecule has 0 unspecified atom stereocenters. The molecule has 0 N–H and O–H groups in total. The van der Waals surface area contributed by atoms with Crippen LogP contribution in [0.2, 0.25) is 0 Å². The van der Waals surface area contributed by atoms with Crippen LogP contribution in [0.3, 0.4) is 0 Å². The summed E-state index contributed by atoms with van der Waals surface area (Å²) in [7, 11) is 0. The van der Waals surface area contributed by atoms with Crippen molar-refractivity contribution >= 4 is 19.0 Å². The van der Waals surface area contributed by atoms with Gasteiger partial charge in [-0.1, -0.05) is 6.58 Å². The minimum atomic E-state index is 0.714. The zero-order valence-electron chi connectivity index (χ0n) is 6.36. The van der Waals surface area contributed by atoms with Crippen LogP contribution in [-0.4, -0.2) is 16.4 Å². The van der Waals surface area contributed by atoms with Crippen molar-refractivity contribution in [1.29, 1.82) is 0 Å². The van der Waals surface area contributed by atoms with Gasteiger partial charge >= 0.3 is 0 Å². The van der Waals surface area contributed by atoms with Crippen molar-refractivity contribution in [2.75, 3.05) is 0 Å². The lowest BCUT2D eigenvalue weighted by atomic mass is 10.4. The molecule has 3 nitrogen and oxygen atoms in total. The van der Waals surface area contributed by atoms with E-state index < -0.39 is 0 Å². The van der Waals surface area contributed by atoms with E-state index in [1.807, 2.05) is 6.92 Å². The average molecular weight is 147 g/mol. The third-order valence-electron chi connectivity index (χ3n) is 1.18. The molecule has 0 fully saturated rings. The first-order chi connectivity index (χ1) is 5.34. The smallest absolute Gasteiger partial charge is 0.111 e. The summed E-state index contributed by atoms with van der Waals surface area (Å²) >= 11 is 0. The minimum Gasteiger partial charge on any atom is -0.267 e. The van der Waals surface area contributed by atoms with Crippen molar-refractivity contribution in [3.8, 4) is 0 Å². The Morgan fingerprint density at radius 3 is 3.09 bits per heavy atom. The lowest BCUT2D eigenvalue weighted by molar-refractivity contribution is 0.980. The summed E-state index contributed by atoms with van der Waals surface area (Å²) in [4.78, 5) is 3.91. The van der Waals surface area contributed by atoms with Gasteiger partial charge in [0, 0.05) is 6.21 Å². The van der Waals surface area contributed by atoms with Gasteiger partial charge in [-0.25, -0.2) is 0 Å². The standard InChI is InChI=1S/C8H9N3/c1-3-9-6-8-7(2)4-5-10-11-8/h3-6H,2H2,1H3/b8-6+,9-3-. The predicted octanol–water partition coefficient (Wildman–Crippen LogP) is -0.284. The van der Waals surface area contributed by atoms with E-state index in [-0.39, 0.29) is 0 Å². The maximum absolute atomic E-state index is 3.91. The third-order valence-corrected chi connectivity index (χ3v) is 1.18. The first-order valence-corrected chi connectivity index (χ1v) is 3.29. The molecule has 0 aromatic carbocycles. The monoisotopic (exact) mass is 147 g/mol. The van der Waals surface area contributed by atoms with Crippen molar-refractivity contribution in [3.63, 3.8) is 0 Å². The second-order valence-electron chi connectivity index (χ2n) is 1.98. The Morgan fingerprint density at radius 1 is 1.64 bits per heavy atom. The Hall–Kier alpha value is -1.51. The first kappa shape index (κ1) is 7.60. The Balaban J connectivity index is 3.24. The molecule has 3 heteroatoms. The van der Waals surface area contributed by atoms with Crippen molar-refractivity contribution < 1.29 is 0 Å². The number of hydrogen-bond acceptors (Lipinski definition) is 3. The van der Waals surface area contributed by atoms with Gasteiger partial charge in [0.2, 0.25) is 0 Å². The van der Waals surface area contributed by atoms with Crippen LogP contribution < -0.4 is 10.6 Å². The second-order valence-corrected chi connectivity index (χ2v) is 1.98. The molecule has 1 aromatic heterocycles. The van der Waals surface area contributed by atoms with Crippen LogP contribution in [-0.2, 0) is 0 Å². The summed E-state index contributed by atoms with van der Waals surface area (Å²) in [5.41, 5.74) is 0. The zero-order chi connectivity index (χ0) is 8.10. The van der Waals surface area contributed by atoms with E-state index in [2.05, 4.69) is 21.8 Å². The number of rotatable bonds is 1. The zero-order valence-corrected chi connectivity index (χ0v) is 6.36. The quantitative estimate of drug-likeness (QED) is 0.512. The highest BCUT2D eigenvalue weighted by molar-refractivity contribution is 5.57. The van der Waals surface area contributed by atoms with E-state index in [9.17, 15) is 0 Å². The molecule has 0 aliphatic heterocycles. The van der Waals surface area contributed by atoms with Gasteiger partial charge in [0.15, 0.2) is 0 Å². The van der Waals surface area contributed by atoms with Gasteiger partial charge in [0.05, 0.1) is 12.4 Å². The topological polar surface area (TPSA) is 38.1 Å². The van der Waals surface area contributed by atoms with Gasteiger partial charge in [0.25, 0.3) is 0 Å². The maximum Gasteiger partial charge on any atom is 0.111 e. The summed E-state index contributed by atoms with van der Waals surface area (Å²) in [6.07, 6.45) is 4.93. The van der Waals surface area contributed by atoms with Crippen LogP contribution in [0.4, 0.5) is 0 Å². The first-order valence-electron chi connectivity index (χ1n) is 3.29. The number of aliphatic imine (C=N–C) groups is 1. The van der Waals surface area contributed by atoms with E-state index in [1.165, 1.54) is 0 Å². The molecule has 1 rings (SSSR count). The fourth-order valence-corrected chi connectivity index (χ4v) is 0.622. The van der Waals surface area contributed by atoms with Crippen LogP contribution >= 0.6 is 0 Å². The molecule has 0 atom stereocenters. The predicted molar refractivity (Wildman–Crippen MR) is 45.4 cm³/mol. The summed E-state index contributed by atoms with van der Waals surface area (Å²) in [5.74, 6) is 0. The number of nitrogens with zero attached hydrogens (tertiary/aromatic N) is 3. The van der Waals surface area contributed by atoms with Crippen LogP contribution in [0, 0.1) is 0 Å². The SMILES string of the molecule is C=c1ccnn/c1=C/N=C\C. The largest absolute Gasteiger partial charge is 0.267 e. The highest BCUT2D eigenvalue weighted by Gasteiger charge is 1.79. The molecule has 56 valence electrons. The normalized spacial score (nSPS) is 12.6. The number of hydrogen-bond donors (Lipinski definition) is 0. The molecule has 0 bridgehead atoms. The molecule has 0 radical (unpaired) electrons. The maximum atomic E-state index is 3.91.